The summed E-state index contributed by atoms with van der Waals surface area (Å²) < 4.78 is 0. The smallest absolute Gasteiger partial charge is 0.130 e. The average Bonchev–Trinajstić information content (AvgIpc) is 2.50. The number of hydrogen-bond acceptors (Lipinski definition) is 3. The molecule has 112 valence electrons. The lowest BCUT2D eigenvalue weighted by atomic mass is 9.94. The first kappa shape index (κ1) is 14.3. The van der Waals surface area contributed by atoms with Crippen LogP contribution in [0.2, 0.25) is 0 Å². The lowest BCUT2D eigenvalue weighted by Crippen LogP contribution is -2.40. The van der Waals surface area contributed by atoms with Crippen molar-refractivity contribution in [3.8, 4) is 0 Å². The minimum Gasteiger partial charge on any atom is -0.373 e. The van der Waals surface area contributed by atoms with Crippen LogP contribution in [-0.4, -0.2) is 29.5 Å². The minimum atomic E-state index is 0.664. The minimum absolute atomic E-state index is 0.664. The number of rotatable bonds is 3. The quantitative estimate of drug-likeness (QED) is 0.926. The van der Waals surface area contributed by atoms with Gasteiger partial charge in [-0.3, -0.25) is 4.90 Å². The summed E-state index contributed by atoms with van der Waals surface area (Å²) in [5.74, 6) is 1.81. The van der Waals surface area contributed by atoms with Crippen molar-refractivity contribution in [2.45, 2.75) is 39.3 Å². The fraction of sp³-hybridized carbons (Fsp3) is 0.500. The summed E-state index contributed by atoms with van der Waals surface area (Å²) in [5.41, 5.74) is 2.36. The predicted octanol–water partition coefficient (Wildman–Crippen LogP) is 3.90. The Morgan fingerprint density at radius 2 is 2.05 bits per heavy atom. The molecule has 3 heteroatoms. The van der Waals surface area contributed by atoms with Gasteiger partial charge in [0.15, 0.2) is 0 Å². The van der Waals surface area contributed by atoms with Gasteiger partial charge >= 0.3 is 0 Å². The Morgan fingerprint density at radius 3 is 2.86 bits per heavy atom. The van der Waals surface area contributed by atoms with Crippen molar-refractivity contribution in [1.29, 1.82) is 0 Å². The van der Waals surface area contributed by atoms with Crippen LogP contribution in [0.25, 0.3) is 10.9 Å². The normalized spacial score (nSPS) is 23.4. The van der Waals surface area contributed by atoms with E-state index in [-0.39, 0.29) is 0 Å². The molecule has 1 aromatic heterocycles. The maximum atomic E-state index is 4.77. The molecule has 2 aromatic rings. The number of anilines is 1. The molecular formula is C18H25N3. The number of fused-ring (bicyclic) bond motifs is 1. The van der Waals surface area contributed by atoms with Crippen molar-refractivity contribution in [2.24, 2.45) is 5.92 Å². The zero-order valence-corrected chi connectivity index (χ0v) is 13.3. The van der Waals surface area contributed by atoms with Gasteiger partial charge in [0.05, 0.1) is 5.52 Å². The van der Waals surface area contributed by atoms with Gasteiger partial charge in [0.25, 0.3) is 0 Å². The first-order valence-corrected chi connectivity index (χ1v) is 7.98. The van der Waals surface area contributed by atoms with Gasteiger partial charge in [-0.05, 0) is 37.8 Å². The third-order valence-corrected chi connectivity index (χ3v) is 4.66. The van der Waals surface area contributed by atoms with E-state index in [1.165, 1.54) is 30.3 Å². The third-order valence-electron chi connectivity index (χ3n) is 4.66. The average molecular weight is 283 g/mol. The summed E-state index contributed by atoms with van der Waals surface area (Å²) in [6, 6.07) is 11.3. The largest absolute Gasteiger partial charge is 0.373 e. The number of para-hydroxylation sites is 1. The number of aromatic nitrogens is 1. The van der Waals surface area contributed by atoms with Crippen LogP contribution >= 0.6 is 0 Å². The van der Waals surface area contributed by atoms with E-state index in [0.717, 1.165) is 23.8 Å². The van der Waals surface area contributed by atoms with Crippen LogP contribution in [0.15, 0.2) is 30.3 Å². The van der Waals surface area contributed by atoms with Gasteiger partial charge in [-0.15, -0.1) is 0 Å². The Morgan fingerprint density at radius 1 is 1.24 bits per heavy atom. The Kier molecular flexibility index (Phi) is 4.11. The van der Waals surface area contributed by atoms with Crippen molar-refractivity contribution in [1.82, 2.24) is 9.88 Å². The highest BCUT2D eigenvalue weighted by Crippen LogP contribution is 2.26. The summed E-state index contributed by atoms with van der Waals surface area (Å²) >= 11 is 0. The van der Waals surface area contributed by atoms with Crippen LogP contribution in [0.5, 0.6) is 0 Å². The van der Waals surface area contributed by atoms with Crippen LogP contribution in [0, 0.1) is 5.92 Å². The van der Waals surface area contributed by atoms with Crippen molar-refractivity contribution in [3.05, 3.63) is 35.9 Å². The van der Waals surface area contributed by atoms with Crippen molar-refractivity contribution >= 4 is 16.7 Å². The topological polar surface area (TPSA) is 28.2 Å². The Labute approximate surface area is 127 Å². The molecule has 1 fully saturated rings. The monoisotopic (exact) mass is 283 g/mol. The standard InChI is InChI=1S/C18H25N3/c1-13-8-9-14(2)21(11-13)12-16-10-15-6-4-5-7-17(15)20-18(16)19-3/h4-7,10,13-14H,8-9,11-12H2,1-3H3,(H,19,20). The summed E-state index contributed by atoms with van der Waals surface area (Å²) in [7, 11) is 1.96. The molecule has 1 aliphatic heterocycles. The van der Waals surface area contributed by atoms with E-state index in [0.29, 0.717) is 6.04 Å². The van der Waals surface area contributed by atoms with E-state index >= 15 is 0 Å². The Hall–Kier alpha value is -1.61. The molecule has 0 aliphatic carbocycles. The Balaban J connectivity index is 1.91. The van der Waals surface area contributed by atoms with Crippen LogP contribution < -0.4 is 5.32 Å². The fourth-order valence-corrected chi connectivity index (χ4v) is 3.32. The first-order valence-electron chi connectivity index (χ1n) is 7.98. The molecule has 2 unspecified atom stereocenters. The van der Waals surface area contributed by atoms with Gasteiger partial charge in [0, 0.05) is 37.1 Å². The van der Waals surface area contributed by atoms with Crippen LogP contribution in [0.4, 0.5) is 5.82 Å². The molecule has 3 nitrogen and oxygen atoms in total. The summed E-state index contributed by atoms with van der Waals surface area (Å²) in [4.78, 5) is 7.36. The molecule has 0 amide bonds. The molecule has 0 spiro atoms. The molecule has 0 radical (unpaired) electrons. The van der Waals surface area contributed by atoms with E-state index in [2.05, 4.69) is 48.3 Å². The molecule has 1 aromatic carbocycles. The third kappa shape index (κ3) is 3.03. The van der Waals surface area contributed by atoms with E-state index in [1.54, 1.807) is 0 Å². The van der Waals surface area contributed by atoms with Crippen molar-refractivity contribution < 1.29 is 0 Å². The highest BCUT2D eigenvalue weighted by atomic mass is 15.2. The lowest BCUT2D eigenvalue weighted by molar-refractivity contribution is 0.117. The van der Waals surface area contributed by atoms with Gasteiger partial charge < -0.3 is 5.32 Å². The van der Waals surface area contributed by atoms with Gasteiger partial charge in [0.2, 0.25) is 0 Å². The first-order chi connectivity index (χ1) is 10.2. The number of hydrogen-bond donors (Lipinski definition) is 1. The van der Waals surface area contributed by atoms with Crippen LogP contribution in [0.3, 0.4) is 0 Å². The molecule has 0 saturated carbocycles. The van der Waals surface area contributed by atoms with Gasteiger partial charge in [0.1, 0.15) is 5.82 Å². The molecule has 1 aliphatic rings. The van der Waals surface area contributed by atoms with E-state index in [1.807, 2.05) is 13.1 Å². The van der Waals surface area contributed by atoms with Crippen LogP contribution in [-0.2, 0) is 6.54 Å². The second-order valence-corrected chi connectivity index (χ2v) is 6.40. The van der Waals surface area contributed by atoms with E-state index in [9.17, 15) is 0 Å². The second-order valence-electron chi connectivity index (χ2n) is 6.40. The van der Waals surface area contributed by atoms with Crippen molar-refractivity contribution in [3.63, 3.8) is 0 Å². The van der Waals surface area contributed by atoms with Crippen LogP contribution in [0.1, 0.15) is 32.3 Å². The number of piperidine rings is 1. The molecule has 21 heavy (non-hydrogen) atoms. The van der Waals surface area contributed by atoms with Gasteiger partial charge in [-0.2, -0.15) is 0 Å². The lowest BCUT2D eigenvalue weighted by Gasteiger charge is -2.37. The highest BCUT2D eigenvalue weighted by Gasteiger charge is 2.23. The summed E-state index contributed by atoms with van der Waals surface area (Å²) in [6.07, 6.45) is 2.66. The molecule has 0 bridgehead atoms. The van der Waals surface area contributed by atoms with Gasteiger partial charge in [-0.25, -0.2) is 4.98 Å². The van der Waals surface area contributed by atoms with E-state index < -0.39 is 0 Å². The summed E-state index contributed by atoms with van der Waals surface area (Å²) in [6.45, 7) is 6.88. The molecule has 1 saturated heterocycles. The Bertz CT molecular complexity index is 623. The number of pyridine rings is 1. The second kappa shape index (κ2) is 6.02. The highest BCUT2D eigenvalue weighted by molar-refractivity contribution is 5.81. The maximum absolute atomic E-state index is 4.77. The maximum Gasteiger partial charge on any atom is 0.130 e. The fourth-order valence-electron chi connectivity index (χ4n) is 3.32. The predicted molar refractivity (Wildman–Crippen MR) is 89.6 cm³/mol. The zero-order valence-electron chi connectivity index (χ0n) is 13.3. The summed E-state index contributed by atoms with van der Waals surface area (Å²) in [5, 5.41) is 4.49. The number of likely N-dealkylation sites (tertiary alicyclic amines) is 1. The van der Waals surface area contributed by atoms with Crippen molar-refractivity contribution in [2.75, 3.05) is 18.9 Å². The molecule has 2 atom stereocenters. The van der Waals surface area contributed by atoms with E-state index in [4.69, 9.17) is 4.98 Å². The number of nitrogens with zero attached hydrogens (tertiary/aromatic N) is 2. The number of nitrogens with one attached hydrogen (secondary N) is 1. The molecule has 2 heterocycles. The molecular weight excluding hydrogens is 258 g/mol. The number of benzene rings is 1. The molecule has 3 rings (SSSR count). The van der Waals surface area contributed by atoms with Gasteiger partial charge in [-0.1, -0.05) is 25.1 Å². The SMILES string of the molecule is CNc1nc2ccccc2cc1CN1CC(C)CCC1C. The molecule has 1 N–H and O–H groups in total. The zero-order chi connectivity index (χ0) is 14.8.